The monoisotopic (exact) mass is 310 g/mol. The number of aromatic nitrogens is 1. The Labute approximate surface area is 132 Å². The van der Waals surface area contributed by atoms with Gasteiger partial charge in [-0.2, -0.15) is 5.26 Å². The van der Waals surface area contributed by atoms with E-state index in [-0.39, 0.29) is 0 Å². The van der Waals surface area contributed by atoms with E-state index >= 15 is 0 Å². The Morgan fingerprint density at radius 3 is 2.77 bits per heavy atom. The maximum absolute atomic E-state index is 11.6. The molecule has 0 amide bonds. The number of fused-ring (bicyclic) bond motifs is 1. The van der Waals surface area contributed by atoms with Crippen molar-refractivity contribution in [2.75, 3.05) is 0 Å². The van der Waals surface area contributed by atoms with Gasteiger partial charge in [-0.3, -0.25) is 4.79 Å². The standard InChI is InChI=1S/C17H14N2O2S/c18-10-13-9-12-7-4-8-14(12)19-16(13)22-15(17(20)21)11-5-2-1-3-6-11/h1-3,5-6,9,15H,4,7-8H2,(H,20,21). The Morgan fingerprint density at radius 2 is 2.09 bits per heavy atom. The molecule has 2 aromatic rings. The SMILES string of the molecule is N#Cc1cc2c(nc1SC(C(=O)O)c1ccccc1)CCC2. The second-order valence-corrected chi connectivity index (χ2v) is 6.25. The number of carboxylic acids is 1. The van der Waals surface area contributed by atoms with Crippen LogP contribution in [0, 0.1) is 11.3 Å². The predicted molar refractivity (Wildman–Crippen MR) is 83.7 cm³/mol. The molecular formula is C17H14N2O2S. The summed E-state index contributed by atoms with van der Waals surface area (Å²) in [5.41, 5.74) is 3.28. The van der Waals surface area contributed by atoms with Crippen molar-refractivity contribution < 1.29 is 9.90 Å². The number of nitriles is 1. The van der Waals surface area contributed by atoms with E-state index in [1.54, 1.807) is 12.1 Å². The molecule has 1 heterocycles. The lowest BCUT2D eigenvalue weighted by Crippen LogP contribution is -2.09. The van der Waals surface area contributed by atoms with Crippen LogP contribution in [0.4, 0.5) is 0 Å². The first-order chi connectivity index (χ1) is 10.7. The Bertz CT molecular complexity index is 753. The number of pyridine rings is 1. The second kappa shape index (κ2) is 6.20. The topological polar surface area (TPSA) is 74.0 Å². The molecule has 5 heteroatoms. The highest BCUT2D eigenvalue weighted by Crippen LogP contribution is 2.37. The van der Waals surface area contributed by atoms with Crippen LogP contribution in [0.15, 0.2) is 41.4 Å². The minimum absolute atomic E-state index is 0.466. The molecule has 1 aliphatic carbocycles. The van der Waals surface area contributed by atoms with Gasteiger partial charge in [-0.25, -0.2) is 4.98 Å². The van der Waals surface area contributed by atoms with E-state index < -0.39 is 11.2 Å². The van der Waals surface area contributed by atoms with E-state index in [4.69, 9.17) is 0 Å². The fourth-order valence-corrected chi connectivity index (χ4v) is 3.64. The summed E-state index contributed by atoms with van der Waals surface area (Å²) in [6.45, 7) is 0. The number of rotatable bonds is 4. The number of aryl methyl sites for hydroxylation is 2. The number of hydrogen-bond acceptors (Lipinski definition) is 4. The highest BCUT2D eigenvalue weighted by molar-refractivity contribution is 8.00. The Balaban J connectivity index is 1.97. The Kier molecular flexibility index (Phi) is 4.12. The van der Waals surface area contributed by atoms with Crippen LogP contribution in [-0.4, -0.2) is 16.1 Å². The zero-order valence-electron chi connectivity index (χ0n) is 11.8. The molecular weight excluding hydrogens is 296 g/mol. The molecule has 4 nitrogen and oxygen atoms in total. The van der Waals surface area contributed by atoms with Gasteiger partial charge in [-0.15, -0.1) is 0 Å². The van der Waals surface area contributed by atoms with E-state index in [2.05, 4.69) is 11.1 Å². The molecule has 0 fully saturated rings. The van der Waals surface area contributed by atoms with Gasteiger partial charge in [0.25, 0.3) is 0 Å². The summed E-state index contributed by atoms with van der Waals surface area (Å²) in [7, 11) is 0. The summed E-state index contributed by atoms with van der Waals surface area (Å²) >= 11 is 1.13. The van der Waals surface area contributed by atoms with E-state index in [0.29, 0.717) is 16.2 Å². The molecule has 1 aromatic carbocycles. The second-order valence-electron chi connectivity index (χ2n) is 5.16. The molecule has 110 valence electrons. The van der Waals surface area contributed by atoms with Gasteiger partial charge in [-0.05, 0) is 36.5 Å². The van der Waals surface area contributed by atoms with E-state index in [9.17, 15) is 15.2 Å². The Hall–Kier alpha value is -2.32. The summed E-state index contributed by atoms with van der Waals surface area (Å²) in [5, 5.41) is 18.6. The summed E-state index contributed by atoms with van der Waals surface area (Å²) in [6, 6.07) is 13.0. The zero-order valence-corrected chi connectivity index (χ0v) is 12.6. The first-order valence-corrected chi connectivity index (χ1v) is 7.94. The molecule has 1 unspecified atom stereocenters. The smallest absolute Gasteiger partial charge is 0.321 e. The fraction of sp³-hybridized carbons (Fsp3) is 0.235. The molecule has 1 aliphatic rings. The maximum atomic E-state index is 11.6. The molecule has 0 aliphatic heterocycles. The molecule has 0 bridgehead atoms. The maximum Gasteiger partial charge on any atom is 0.321 e. The van der Waals surface area contributed by atoms with Crippen LogP contribution in [0.25, 0.3) is 0 Å². The van der Waals surface area contributed by atoms with Gasteiger partial charge >= 0.3 is 5.97 Å². The van der Waals surface area contributed by atoms with Crippen molar-refractivity contribution >= 4 is 17.7 Å². The average Bonchev–Trinajstić information content (AvgIpc) is 2.99. The van der Waals surface area contributed by atoms with Crippen LogP contribution < -0.4 is 0 Å². The van der Waals surface area contributed by atoms with Crippen LogP contribution in [0.2, 0.25) is 0 Å². The zero-order chi connectivity index (χ0) is 15.5. The number of carbonyl (C=O) groups is 1. The van der Waals surface area contributed by atoms with Crippen molar-refractivity contribution in [3.8, 4) is 6.07 Å². The summed E-state index contributed by atoms with van der Waals surface area (Å²) < 4.78 is 0. The fourth-order valence-electron chi connectivity index (χ4n) is 2.62. The molecule has 0 saturated heterocycles. The van der Waals surface area contributed by atoms with E-state index in [1.807, 2.05) is 24.3 Å². The van der Waals surface area contributed by atoms with E-state index in [1.165, 1.54) is 0 Å². The minimum Gasteiger partial charge on any atom is -0.480 e. The molecule has 1 N–H and O–H groups in total. The third-order valence-electron chi connectivity index (χ3n) is 3.69. The Morgan fingerprint density at radius 1 is 1.32 bits per heavy atom. The molecule has 3 rings (SSSR count). The van der Waals surface area contributed by atoms with Crippen LogP contribution in [-0.2, 0) is 17.6 Å². The van der Waals surface area contributed by atoms with Crippen molar-refractivity contribution in [1.82, 2.24) is 4.98 Å². The first kappa shape index (κ1) is 14.6. The third kappa shape index (κ3) is 2.83. The van der Waals surface area contributed by atoms with E-state index in [0.717, 1.165) is 42.3 Å². The lowest BCUT2D eigenvalue weighted by molar-refractivity contribution is -0.136. The molecule has 22 heavy (non-hydrogen) atoms. The predicted octanol–water partition coefficient (Wildman–Crippen LogP) is 3.36. The van der Waals surface area contributed by atoms with Crippen molar-refractivity contribution in [3.63, 3.8) is 0 Å². The lowest BCUT2D eigenvalue weighted by Gasteiger charge is -2.13. The summed E-state index contributed by atoms with van der Waals surface area (Å²) in [5.74, 6) is -0.928. The van der Waals surface area contributed by atoms with Crippen molar-refractivity contribution in [3.05, 3.63) is 58.8 Å². The van der Waals surface area contributed by atoms with Crippen molar-refractivity contribution in [1.29, 1.82) is 5.26 Å². The molecule has 0 spiro atoms. The van der Waals surface area contributed by atoms with Crippen LogP contribution in [0.5, 0.6) is 0 Å². The van der Waals surface area contributed by atoms with Crippen LogP contribution in [0.1, 0.15) is 34.1 Å². The largest absolute Gasteiger partial charge is 0.480 e. The number of thioether (sulfide) groups is 1. The van der Waals surface area contributed by atoms with Crippen molar-refractivity contribution in [2.45, 2.75) is 29.5 Å². The minimum atomic E-state index is -0.928. The third-order valence-corrected chi connectivity index (χ3v) is 4.94. The number of benzene rings is 1. The van der Waals surface area contributed by atoms with Crippen molar-refractivity contribution in [2.24, 2.45) is 0 Å². The van der Waals surface area contributed by atoms with Crippen LogP contribution in [0.3, 0.4) is 0 Å². The highest BCUT2D eigenvalue weighted by atomic mass is 32.2. The molecule has 0 saturated carbocycles. The van der Waals surface area contributed by atoms with Gasteiger partial charge in [0.2, 0.25) is 0 Å². The molecule has 1 atom stereocenters. The average molecular weight is 310 g/mol. The quantitative estimate of drug-likeness (QED) is 0.877. The number of aliphatic carboxylic acids is 1. The highest BCUT2D eigenvalue weighted by Gasteiger charge is 2.25. The van der Waals surface area contributed by atoms with Gasteiger partial charge in [0, 0.05) is 5.69 Å². The first-order valence-electron chi connectivity index (χ1n) is 7.06. The number of nitrogens with zero attached hydrogens (tertiary/aromatic N) is 2. The molecule has 1 aromatic heterocycles. The van der Waals surface area contributed by atoms with Crippen LogP contribution >= 0.6 is 11.8 Å². The lowest BCUT2D eigenvalue weighted by atomic mass is 10.1. The summed E-state index contributed by atoms with van der Waals surface area (Å²) in [4.78, 5) is 16.2. The summed E-state index contributed by atoms with van der Waals surface area (Å²) in [6.07, 6.45) is 2.89. The van der Waals surface area contributed by atoms with Gasteiger partial charge in [0.15, 0.2) is 0 Å². The number of hydrogen-bond donors (Lipinski definition) is 1. The molecule has 0 radical (unpaired) electrons. The van der Waals surface area contributed by atoms with Gasteiger partial charge in [-0.1, -0.05) is 42.1 Å². The van der Waals surface area contributed by atoms with Gasteiger partial charge in [0.1, 0.15) is 16.3 Å². The number of carboxylic acid groups (broad SMARTS) is 1. The van der Waals surface area contributed by atoms with Gasteiger partial charge < -0.3 is 5.11 Å². The van der Waals surface area contributed by atoms with Gasteiger partial charge in [0.05, 0.1) is 5.56 Å². The normalized spacial score (nSPS) is 14.1.